The topological polar surface area (TPSA) is 26.0 Å². The number of hydrogen-bond donors (Lipinski definition) is 1. The summed E-state index contributed by atoms with van der Waals surface area (Å²) in [5, 5.41) is 1.49. The maximum atomic E-state index is 6.06. The molecule has 2 rings (SSSR count). The molecule has 0 saturated heterocycles. The first-order valence-electron chi connectivity index (χ1n) is 6.02. The molecule has 0 heterocycles. The van der Waals surface area contributed by atoms with Gasteiger partial charge in [-0.05, 0) is 61.4 Å². The predicted molar refractivity (Wildman–Crippen MR) is 84.4 cm³/mol. The van der Waals surface area contributed by atoms with Gasteiger partial charge in [0, 0.05) is 25.9 Å². The van der Waals surface area contributed by atoms with Gasteiger partial charge in [0.15, 0.2) is 0 Å². The SMILES string of the molecule is CC(N)Cc1cc(Cl)ccc1Sc1ccc(Cl)cc1. The molecule has 0 aliphatic rings. The molecule has 0 radical (unpaired) electrons. The lowest BCUT2D eigenvalue weighted by Crippen LogP contribution is -2.18. The van der Waals surface area contributed by atoms with Crippen molar-refractivity contribution in [1.29, 1.82) is 0 Å². The van der Waals surface area contributed by atoms with E-state index in [9.17, 15) is 0 Å². The van der Waals surface area contributed by atoms with Gasteiger partial charge in [0.05, 0.1) is 0 Å². The number of benzene rings is 2. The summed E-state index contributed by atoms with van der Waals surface area (Å²) in [6, 6.07) is 13.9. The molecule has 0 aliphatic carbocycles. The molecule has 1 unspecified atom stereocenters. The maximum Gasteiger partial charge on any atom is 0.0409 e. The fourth-order valence-corrected chi connectivity index (χ4v) is 3.04. The molecule has 2 N–H and O–H groups in total. The lowest BCUT2D eigenvalue weighted by molar-refractivity contribution is 0.729. The molecule has 0 fully saturated rings. The molecule has 0 spiro atoms. The van der Waals surface area contributed by atoms with Crippen molar-refractivity contribution in [3.63, 3.8) is 0 Å². The van der Waals surface area contributed by atoms with Crippen LogP contribution in [0.5, 0.6) is 0 Å². The molecule has 100 valence electrons. The third-order valence-corrected chi connectivity index (χ3v) is 4.22. The predicted octanol–water partition coefficient (Wildman–Crippen LogP) is 5.03. The van der Waals surface area contributed by atoms with Crippen molar-refractivity contribution in [2.75, 3.05) is 0 Å². The zero-order valence-corrected chi connectivity index (χ0v) is 12.9. The van der Waals surface area contributed by atoms with E-state index in [2.05, 4.69) is 0 Å². The average Bonchev–Trinajstić information content (AvgIpc) is 2.34. The Morgan fingerprint density at radius 2 is 1.68 bits per heavy atom. The second-order valence-corrected chi connectivity index (χ2v) is 6.48. The Morgan fingerprint density at radius 1 is 1.05 bits per heavy atom. The van der Waals surface area contributed by atoms with Gasteiger partial charge in [-0.25, -0.2) is 0 Å². The van der Waals surface area contributed by atoms with Crippen LogP contribution in [-0.2, 0) is 6.42 Å². The van der Waals surface area contributed by atoms with Crippen LogP contribution in [0.1, 0.15) is 12.5 Å². The first kappa shape index (κ1) is 14.7. The van der Waals surface area contributed by atoms with E-state index in [0.717, 1.165) is 21.4 Å². The summed E-state index contributed by atoms with van der Waals surface area (Å²) in [7, 11) is 0. The molecule has 19 heavy (non-hydrogen) atoms. The maximum absolute atomic E-state index is 6.06. The van der Waals surface area contributed by atoms with Crippen LogP contribution in [0.4, 0.5) is 0 Å². The molecule has 4 heteroatoms. The van der Waals surface area contributed by atoms with Crippen molar-refractivity contribution >= 4 is 35.0 Å². The summed E-state index contributed by atoms with van der Waals surface area (Å²) in [5.41, 5.74) is 7.07. The Labute approximate surface area is 128 Å². The van der Waals surface area contributed by atoms with Crippen molar-refractivity contribution in [3.8, 4) is 0 Å². The van der Waals surface area contributed by atoms with Gasteiger partial charge in [0.1, 0.15) is 0 Å². The van der Waals surface area contributed by atoms with E-state index in [1.165, 1.54) is 10.5 Å². The molecule has 2 aromatic carbocycles. The van der Waals surface area contributed by atoms with E-state index in [0.29, 0.717) is 0 Å². The second-order valence-electron chi connectivity index (χ2n) is 4.49. The van der Waals surface area contributed by atoms with Gasteiger partial charge in [-0.2, -0.15) is 0 Å². The lowest BCUT2D eigenvalue weighted by atomic mass is 10.1. The minimum Gasteiger partial charge on any atom is -0.328 e. The third kappa shape index (κ3) is 4.43. The summed E-state index contributed by atoms with van der Waals surface area (Å²) in [5.74, 6) is 0. The number of hydrogen-bond acceptors (Lipinski definition) is 2. The summed E-state index contributed by atoms with van der Waals surface area (Å²) >= 11 is 13.6. The van der Waals surface area contributed by atoms with E-state index >= 15 is 0 Å². The highest BCUT2D eigenvalue weighted by Crippen LogP contribution is 2.33. The Bertz CT molecular complexity index is 553. The average molecular weight is 312 g/mol. The molecule has 0 saturated carbocycles. The molecule has 0 aliphatic heterocycles. The number of rotatable bonds is 4. The molecule has 2 aromatic rings. The fraction of sp³-hybridized carbons (Fsp3) is 0.200. The molecule has 1 nitrogen and oxygen atoms in total. The molecule has 0 bridgehead atoms. The summed E-state index contributed by atoms with van der Waals surface area (Å²) in [6.07, 6.45) is 0.816. The van der Waals surface area contributed by atoms with Crippen molar-refractivity contribution in [2.45, 2.75) is 29.2 Å². The van der Waals surface area contributed by atoms with Crippen molar-refractivity contribution in [1.82, 2.24) is 0 Å². The van der Waals surface area contributed by atoms with Gasteiger partial charge in [-0.3, -0.25) is 0 Å². The van der Waals surface area contributed by atoms with E-state index < -0.39 is 0 Å². The van der Waals surface area contributed by atoms with Gasteiger partial charge in [-0.1, -0.05) is 35.0 Å². The van der Waals surface area contributed by atoms with Gasteiger partial charge in [-0.15, -0.1) is 0 Å². The Balaban J connectivity index is 2.26. The van der Waals surface area contributed by atoms with Crippen molar-refractivity contribution in [3.05, 3.63) is 58.1 Å². The highest BCUT2D eigenvalue weighted by Gasteiger charge is 2.08. The molecule has 0 amide bonds. The number of halogens is 2. The van der Waals surface area contributed by atoms with E-state index in [-0.39, 0.29) is 6.04 Å². The van der Waals surface area contributed by atoms with Gasteiger partial charge < -0.3 is 5.73 Å². The van der Waals surface area contributed by atoms with Gasteiger partial charge in [0.25, 0.3) is 0 Å². The van der Waals surface area contributed by atoms with Crippen LogP contribution in [0.25, 0.3) is 0 Å². The van der Waals surface area contributed by atoms with E-state index in [4.69, 9.17) is 28.9 Å². The quantitative estimate of drug-likeness (QED) is 0.856. The van der Waals surface area contributed by atoms with Crippen LogP contribution in [-0.4, -0.2) is 6.04 Å². The van der Waals surface area contributed by atoms with E-state index in [1.807, 2.05) is 49.4 Å². The molecule has 1 atom stereocenters. The molecule has 0 aromatic heterocycles. The summed E-state index contributed by atoms with van der Waals surface area (Å²) in [4.78, 5) is 2.33. The highest BCUT2D eigenvalue weighted by molar-refractivity contribution is 7.99. The smallest absolute Gasteiger partial charge is 0.0409 e. The fourth-order valence-electron chi connectivity index (χ4n) is 1.78. The normalized spacial score (nSPS) is 12.4. The Morgan fingerprint density at radius 3 is 2.32 bits per heavy atom. The lowest BCUT2D eigenvalue weighted by Gasteiger charge is -2.12. The van der Waals surface area contributed by atoms with Crippen LogP contribution in [0.2, 0.25) is 10.0 Å². The monoisotopic (exact) mass is 311 g/mol. The summed E-state index contributed by atoms with van der Waals surface area (Å²) < 4.78 is 0. The largest absolute Gasteiger partial charge is 0.328 e. The zero-order valence-electron chi connectivity index (χ0n) is 10.6. The van der Waals surface area contributed by atoms with E-state index in [1.54, 1.807) is 11.8 Å². The van der Waals surface area contributed by atoms with Gasteiger partial charge in [0.2, 0.25) is 0 Å². The second kappa shape index (κ2) is 6.67. The minimum absolute atomic E-state index is 0.114. The van der Waals surface area contributed by atoms with Crippen LogP contribution in [0.3, 0.4) is 0 Å². The third-order valence-electron chi connectivity index (χ3n) is 2.61. The minimum atomic E-state index is 0.114. The summed E-state index contributed by atoms with van der Waals surface area (Å²) in [6.45, 7) is 2.00. The number of nitrogens with two attached hydrogens (primary N) is 1. The van der Waals surface area contributed by atoms with Crippen LogP contribution in [0, 0.1) is 0 Å². The standard InChI is InChI=1S/C15H15Cl2NS/c1-10(18)8-11-9-13(17)4-7-15(11)19-14-5-2-12(16)3-6-14/h2-7,9-10H,8,18H2,1H3. The molecular formula is C15H15Cl2NS. The van der Waals surface area contributed by atoms with Crippen LogP contribution < -0.4 is 5.73 Å². The highest BCUT2D eigenvalue weighted by atomic mass is 35.5. The molecular weight excluding hydrogens is 297 g/mol. The first-order valence-corrected chi connectivity index (χ1v) is 7.59. The van der Waals surface area contributed by atoms with Gasteiger partial charge >= 0.3 is 0 Å². The first-order chi connectivity index (χ1) is 9.04. The van der Waals surface area contributed by atoms with Crippen molar-refractivity contribution in [2.24, 2.45) is 5.73 Å². The Kier molecular flexibility index (Phi) is 5.17. The van der Waals surface area contributed by atoms with Crippen molar-refractivity contribution < 1.29 is 0 Å². The van der Waals surface area contributed by atoms with Crippen LogP contribution in [0.15, 0.2) is 52.3 Å². The Hall–Kier alpha value is -0.670. The zero-order chi connectivity index (χ0) is 13.8. The van der Waals surface area contributed by atoms with Crippen LogP contribution >= 0.6 is 35.0 Å².